The molecule has 0 fully saturated rings. The molecule has 6 nitrogen and oxygen atoms in total. The van der Waals surface area contributed by atoms with E-state index in [1.807, 2.05) is 0 Å². The molecule has 0 rings (SSSR count). The van der Waals surface area contributed by atoms with E-state index >= 15 is 0 Å². The summed E-state index contributed by atoms with van der Waals surface area (Å²) in [4.78, 5) is 0.0853. The Morgan fingerprint density at radius 3 is 1.83 bits per heavy atom. The van der Waals surface area contributed by atoms with Crippen molar-refractivity contribution in [1.29, 1.82) is 0 Å². The summed E-state index contributed by atoms with van der Waals surface area (Å²) in [7, 11) is -10.1. The minimum absolute atomic E-state index is 0.0853. The van der Waals surface area contributed by atoms with Gasteiger partial charge in [-0.3, -0.25) is 0 Å². The van der Waals surface area contributed by atoms with Gasteiger partial charge < -0.3 is 0 Å². The first-order chi connectivity index (χ1) is 5.21. The highest BCUT2D eigenvalue weighted by Crippen LogP contribution is 2.04. The van der Waals surface area contributed by atoms with Gasteiger partial charge in [0, 0.05) is 0 Å². The van der Waals surface area contributed by atoms with Gasteiger partial charge >= 0.3 is 0 Å². The third-order valence-electron chi connectivity index (χ3n) is 0.632. The molecule has 0 unspecified atom stereocenters. The van der Waals surface area contributed by atoms with Crippen LogP contribution in [0.3, 0.4) is 0 Å². The quantitative estimate of drug-likeness (QED) is 0.635. The first-order valence-corrected chi connectivity index (χ1v) is 5.42. The summed E-state index contributed by atoms with van der Waals surface area (Å²) in [6.07, 6.45) is 0. The van der Waals surface area contributed by atoms with E-state index in [9.17, 15) is 30.3 Å². The van der Waals surface area contributed by atoms with Gasteiger partial charge in [-0.1, -0.05) is 8.96 Å². The van der Waals surface area contributed by atoms with E-state index in [0.29, 0.717) is 0 Å². The van der Waals surface area contributed by atoms with Crippen molar-refractivity contribution in [1.82, 2.24) is 9.69 Å². The number of rotatable bonds is 4. The SMILES string of the molecule is O=S(=O)(CS(=O)(=O)N(F)F)NF. The molecule has 0 aliphatic carbocycles. The van der Waals surface area contributed by atoms with Gasteiger partial charge in [0.2, 0.25) is 0 Å². The monoisotopic (exact) mass is 228 g/mol. The summed E-state index contributed by atoms with van der Waals surface area (Å²) in [6, 6.07) is 0. The van der Waals surface area contributed by atoms with Crippen LogP contribution in [0, 0.1) is 0 Å². The fraction of sp³-hybridized carbons (Fsp3) is 1.00. The maximum atomic E-state index is 11.3. The number of nitrogens with one attached hydrogen (secondary N) is 1. The Morgan fingerprint density at radius 1 is 1.17 bits per heavy atom. The van der Waals surface area contributed by atoms with Crippen LogP contribution in [0.4, 0.5) is 13.4 Å². The molecule has 0 aromatic rings. The standard InChI is InChI=1S/CH3F3N2O4S2/c2-5-11(7,8)1-12(9,10)6(3)4/h5H,1H2. The number of hydrogen-bond acceptors (Lipinski definition) is 4. The average molecular weight is 228 g/mol. The Hall–Kier alpha value is -0.390. The molecule has 0 saturated heterocycles. The molecule has 0 spiro atoms. The molecular formula is CH3F3N2O4S2. The lowest BCUT2D eigenvalue weighted by molar-refractivity contribution is -0.0532. The van der Waals surface area contributed by atoms with Gasteiger partial charge in [0.25, 0.3) is 20.0 Å². The van der Waals surface area contributed by atoms with Crippen LogP contribution in [0.25, 0.3) is 0 Å². The first kappa shape index (κ1) is 11.6. The van der Waals surface area contributed by atoms with Crippen molar-refractivity contribution in [3.05, 3.63) is 0 Å². The highest BCUT2D eigenvalue weighted by molar-refractivity contribution is 8.05. The van der Waals surface area contributed by atoms with Gasteiger partial charge in [-0.2, -0.15) is 0 Å². The topological polar surface area (TPSA) is 83.5 Å². The molecule has 0 aromatic heterocycles. The zero-order valence-electron chi connectivity index (χ0n) is 5.24. The fourth-order valence-corrected chi connectivity index (χ4v) is 2.32. The normalized spacial score (nSPS) is 13.7. The van der Waals surface area contributed by atoms with Gasteiger partial charge in [-0.25, -0.2) is 16.8 Å². The first-order valence-electron chi connectivity index (χ1n) is 2.16. The van der Waals surface area contributed by atoms with Crippen LogP contribution in [0.2, 0.25) is 0 Å². The molecule has 74 valence electrons. The number of nitrogens with zero attached hydrogens (tertiary/aromatic N) is 1. The summed E-state index contributed by atoms with van der Waals surface area (Å²) in [5.74, 6) is 0. The fourth-order valence-electron chi connectivity index (χ4n) is 0.258. The van der Waals surface area contributed by atoms with Crippen molar-refractivity contribution in [3.8, 4) is 0 Å². The third-order valence-corrected chi connectivity index (χ3v) is 3.72. The van der Waals surface area contributed by atoms with Crippen molar-refractivity contribution < 1.29 is 30.3 Å². The Kier molecular flexibility index (Phi) is 3.44. The van der Waals surface area contributed by atoms with E-state index < -0.39 is 29.9 Å². The molecule has 0 bridgehead atoms. The summed E-state index contributed by atoms with van der Waals surface area (Å²) in [5.41, 5.74) is 0. The Labute approximate surface area is 65.9 Å². The summed E-state index contributed by atoms with van der Waals surface area (Å²) in [6.45, 7) is 0. The zero-order chi connectivity index (χ0) is 9.99. The van der Waals surface area contributed by atoms with Crippen molar-refractivity contribution in [2.24, 2.45) is 0 Å². The van der Waals surface area contributed by atoms with Crippen LogP contribution < -0.4 is 4.94 Å². The summed E-state index contributed by atoms with van der Waals surface area (Å²) >= 11 is 0. The van der Waals surface area contributed by atoms with Crippen molar-refractivity contribution in [2.75, 3.05) is 5.08 Å². The van der Waals surface area contributed by atoms with Gasteiger partial charge in [-0.15, -0.1) is 4.48 Å². The molecule has 0 heterocycles. The summed E-state index contributed by atoms with van der Waals surface area (Å²) in [5, 5.41) is -2.04. The van der Waals surface area contributed by atoms with Crippen LogP contribution in [0.5, 0.6) is 0 Å². The predicted octanol–water partition coefficient (Wildman–Crippen LogP) is -0.851. The molecule has 0 aliphatic rings. The van der Waals surface area contributed by atoms with Gasteiger partial charge in [-0.05, 0) is 4.94 Å². The Bertz CT molecular complexity index is 331. The molecule has 0 amide bonds. The molecule has 12 heavy (non-hydrogen) atoms. The van der Waals surface area contributed by atoms with E-state index in [1.165, 1.54) is 0 Å². The van der Waals surface area contributed by atoms with E-state index in [1.54, 1.807) is 0 Å². The molecule has 0 aromatic carbocycles. The van der Waals surface area contributed by atoms with E-state index in [4.69, 9.17) is 0 Å². The highest BCUT2D eigenvalue weighted by Gasteiger charge is 2.29. The number of hydrogen-bond donors (Lipinski definition) is 1. The third kappa shape index (κ3) is 3.34. The minimum Gasteiger partial charge on any atom is -0.209 e. The lowest BCUT2D eigenvalue weighted by atomic mass is 11.9. The molecule has 0 saturated carbocycles. The van der Waals surface area contributed by atoms with Gasteiger partial charge in [0.1, 0.15) is 4.75 Å². The second-order valence-electron chi connectivity index (χ2n) is 1.59. The van der Waals surface area contributed by atoms with Crippen LogP contribution in [0.1, 0.15) is 0 Å². The van der Waals surface area contributed by atoms with Crippen LogP contribution in [-0.2, 0) is 20.0 Å². The molecule has 0 aliphatic heterocycles. The van der Waals surface area contributed by atoms with Crippen LogP contribution >= 0.6 is 0 Å². The van der Waals surface area contributed by atoms with E-state index in [0.717, 1.165) is 0 Å². The molecule has 0 atom stereocenters. The Balaban J connectivity index is 4.71. The number of sulfonamides is 2. The molecular weight excluding hydrogens is 225 g/mol. The predicted molar refractivity (Wildman–Crippen MR) is 31.0 cm³/mol. The lowest BCUT2D eigenvalue weighted by Gasteiger charge is -2.01. The smallest absolute Gasteiger partial charge is 0.209 e. The zero-order valence-corrected chi connectivity index (χ0v) is 6.87. The minimum atomic E-state index is -5.26. The maximum absolute atomic E-state index is 11.3. The lowest BCUT2D eigenvalue weighted by Crippen LogP contribution is -2.29. The van der Waals surface area contributed by atoms with Crippen molar-refractivity contribution in [2.45, 2.75) is 0 Å². The second kappa shape index (κ2) is 3.55. The average Bonchev–Trinajstić information content (AvgIpc) is 1.85. The molecule has 1 N–H and O–H groups in total. The van der Waals surface area contributed by atoms with E-state index in [-0.39, 0.29) is 4.94 Å². The van der Waals surface area contributed by atoms with Gasteiger partial charge in [0.15, 0.2) is 5.08 Å². The van der Waals surface area contributed by atoms with Crippen LogP contribution in [-0.4, -0.2) is 26.7 Å². The highest BCUT2D eigenvalue weighted by atomic mass is 32.3. The summed E-state index contributed by atoms with van der Waals surface area (Å²) < 4.78 is 71.9. The van der Waals surface area contributed by atoms with Gasteiger partial charge in [0.05, 0.1) is 0 Å². The second-order valence-corrected chi connectivity index (χ2v) is 5.36. The van der Waals surface area contributed by atoms with Crippen molar-refractivity contribution >= 4 is 20.0 Å². The molecule has 11 heteroatoms. The Morgan fingerprint density at radius 2 is 1.58 bits per heavy atom. The largest absolute Gasteiger partial charge is 0.284 e. The molecule has 0 radical (unpaired) electrons. The van der Waals surface area contributed by atoms with Crippen molar-refractivity contribution in [3.63, 3.8) is 0 Å². The van der Waals surface area contributed by atoms with E-state index in [2.05, 4.69) is 0 Å². The number of halogens is 3. The van der Waals surface area contributed by atoms with Crippen LogP contribution in [0.15, 0.2) is 0 Å². The maximum Gasteiger partial charge on any atom is 0.284 e.